The number of aldehydes is 1. The summed E-state index contributed by atoms with van der Waals surface area (Å²) in [4.78, 5) is 72.1. The van der Waals surface area contributed by atoms with E-state index in [1.165, 1.54) is 6.92 Å². The third-order valence-electron chi connectivity index (χ3n) is 5.18. The minimum atomic E-state index is -2.19. The van der Waals surface area contributed by atoms with Gasteiger partial charge in [-0.1, -0.05) is 13.8 Å². The van der Waals surface area contributed by atoms with Crippen molar-refractivity contribution in [2.75, 3.05) is 0 Å². The molecule has 1 fully saturated rings. The van der Waals surface area contributed by atoms with Gasteiger partial charge in [0.15, 0.2) is 17.0 Å². The van der Waals surface area contributed by atoms with Crippen molar-refractivity contribution >= 4 is 35.6 Å². The lowest BCUT2D eigenvalue weighted by molar-refractivity contribution is -0.147. The number of nitrogens with two attached hydrogens (primary N) is 2. The van der Waals surface area contributed by atoms with Crippen LogP contribution in [0.1, 0.15) is 52.9 Å². The maximum absolute atomic E-state index is 12.9. The Morgan fingerprint density at radius 1 is 1.20 bits per heavy atom. The summed E-state index contributed by atoms with van der Waals surface area (Å²) in [5, 5.41) is 13.5. The zero-order valence-electron chi connectivity index (χ0n) is 17.4. The number of carbonyl (C=O) groups is 6. The summed E-state index contributed by atoms with van der Waals surface area (Å²) in [6, 6.07) is -2.27. The van der Waals surface area contributed by atoms with Crippen molar-refractivity contribution in [2.45, 2.75) is 70.6 Å². The fraction of sp³-hybridized carbons (Fsp3) is 0.684. The van der Waals surface area contributed by atoms with E-state index in [0.29, 0.717) is 0 Å². The van der Waals surface area contributed by atoms with Crippen LogP contribution in [0.25, 0.3) is 0 Å². The highest BCUT2D eigenvalue weighted by Crippen LogP contribution is 2.37. The Kier molecular flexibility index (Phi) is 8.37. The maximum atomic E-state index is 12.9. The number of ketones is 2. The molecular formula is C19H30N4O7. The molecule has 1 saturated carbocycles. The third-order valence-corrected chi connectivity index (χ3v) is 5.18. The summed E-state index contributed by atoms with van der Waals surface area (Å²) in [6.45, 7) is 4.80. The molecule has 0 spiro atoms. The van der Waals surface area contributed by atoms with E-state index in [0.717, 1.165) is 0 Å². The molecular weight excluding hydrogens is 396 g/mol. The van der Waals surface area contributed by atoms with Crippen molar-refractivity contribution in [3.05, 3.63) is 0 Å². The molecule has 11 nitrogen and oxygen atoms in total. The number of hydrogen-bond acceptors (Lipinski definition) is 8. The fourth-order valence-corrected chi connectivity index (χ4v) is 3.44. The van der Waals surface area contributed by atoms with E-state index in [9.17, 15) is 28.8 Å². The van der Waals surface area contributed by atoms with Crippen molar-refractivity contribution < 1.29 is 33.9 Å². The summed E-state index contributed by atoms with van der Waals surface area (Å²) in [7, 11) is 0. The number of amides is 2. The molecule has 1 aliphatic rings. The molecule has 3 atom stereocenters. The number of rotatable bonds is 11. The standard InChI is InChI=1S/C19H30N4O7/c1-10(2)8-12(22-16(29)11(20)4-7-15(27)28)17(30)23-18(3,21)19(9-24)13(25)5-6-14(19)26/h9-12H,4-8,20-21H2,1-3H3,(H,22,29)(H,23,30)(H,27,28)/t11-,12-,18?/m0/s1. The highest BCUT2D eigenvalue weighted by molar-refractivity contribution is 6.24. The number of nitrogens with one attached hydrogen (secondary N) is 2. The molecule has 0 saturated heterocycles. The molecule has 1 unspecified atom stereocenters. The van der Waals surface area contributed by atoms with Gasteiger partial charge < -0.3 is 32.0 Å². The van der Waals surface area contributed by atoms with Crippen LogP contribution < -0.4 is 22.1 Å². The van der Waals surface area contributed by atoms with E-state index in [-0.39, 0.29) is 44.3 Å². The van der Waals surface area contributed by atoms with Crippen LogP contribution >= 0.6 is 0 Å². The van der Waals surface area contributed by atoms with E-state index in [2.05, 4.69) is 10.6 Å². The van der Waals surface area contributed by atoms with E-state index < -0.39 is 52.5 Å². The third kappa shape index (κ3) is 5.48. The number of aliphatic carboxylic acids is 1. The second-order valence-corrected chi connectivity index (χ2v) is 8.19. The second kappa shape index (κ2) is 9.90. The number of Topliss-reactive ketones (excluding diaryl/α,β-unsaturated/α-hetero) is 2. The van der Waals surface area contributed by atoms with Gasteiger partial charge in [-0.25, -0.2) is 0 Å². The van der Waals surface area contributed by atoms with Crippen molar-refractivity contribution in [3.63, 3.8) is 0 Å². The van der Waals surface area contributed by atoms with Gasteiger partial charge in [0.25, 0.3) is 0 Å². The van der Waals surface area contributed by atoms with Crippen LogP contribution in [-0.4, -0.2) is 58.5 Å². The van der Waals surface area contributed by atoms with Gasteiger partial charge in [0.1, 0.15) is 18.0 Å². The highest BCUT2D eigenvalue weighted by Gasteiger charge is 2.61. The second-order valence-electron chi connectivity index (χ2n) is 8.19. The number of carbonyl (C=O) groups excluding carboxylic acids is 5. The molecule has 168 valence electrons. The van der Waals surface area contributed by atoms with Gasteiger partial charge in [-0.3, -0.25) is 24.0 Å². The Morgan fingerprint density at radius 3 is 2.17 bits per heavy atom. The minimum Gasteiger partial charge on any atom is -0.481 e. The molecule has 1 aliphatic carbocycles. The molecule has 1 rings (SSSR count). The summed E-state index contributed by atoms with van der Waals surface area (Å²) in [5.74, 6) is -4.02. The molecule has 0 bridgehead atoms. The molecule has 30 heavy (non-hydrogen) atoms. The van der Waals surface area contributed by atoms with Crippen LogP contribution in [0.4, 0.5) is 0 Å². The highest BCUT2D eigenvalue weighted by atomic mass is 16.4. The van der Waals surface area contributed by atoms with Crippen LogP contribution in [0.15, 0.2) is 0 Å². The predicted octanol–water partition coefficient (Wildman–Crippen LogP) is -1.38. The van der Waals surface area contributed by atoms with Gasteiger partial charge in [-0.15, -0.1) is 0 Å². The average molecular weight is 426 g/mol. The zero-order chi connectivity index (χ0) is 23.3. The van der Waals surface area contributed by atoms with E-state index in [1.54, 1.807) is 13.8 Å². The first-order valence-electron chi connectivity index (χ1n) is 9.70. The Labute approximate surface area is 174 Å². The Morgan fingerprint density at radius 2 is 1.73 bits per heavy atom. The molecule has 0 aromatic carbocycles. The number of hydrogen-bond donors (Lipinski definition) is 5. The van der Waals surface area contributed by atoms with Gasteiger partial charge in [0, 0.05) is 19.3 Å². The van der Waals surface area contributed by atoms with E-state index in [4.69, 9.17) is 16.6 Å². The van der Waals surface area contributed by atoms with Crippen LogP contribution in [0.5, 0.6) is 0 Å². The zero-order valence-corrected chi connectivity index (χ0v) is 17.4. The molecule has 0 aromatic heterocycles. The Balaban J connectivity index is 3.01. The lowest BCUT2D eigenvalue weighted by atomic mass is 9.74. The Hall–Kier alpha value is -2.66. The number of carboxylic acids is 1. The monoisotopic (exact) mass is 426 g/mol. The van der Waals surface area contributed by atoms with Gasteiger partial charge in [0.05, 0.1) is 6.04 Å². The SMILES string of the molecule is CC(C)C[C@H](NC(=O)[C@@H](N)CCC(=O)O)C(=O)NC(C)(N)C1(C=O)C(=O)CCC1=O. The summed E-state index contributed by atoms with van der Waals surface area (Å²) in [5.41, 5.74) is 7.58. The van der Waals surface area contributed by atoms with Crippen molar-refractivity contribution in [1.82, 2.24) is 10.6 Å². The summed E-state index contributed by atoms with van der Waals surface area (Å²) >= 11 is 0. The lowest BCUT2D eigenvalue weighted by Gasteiger charge is -2.38. The average Bonchev–Trinajstić information content (AvgIpc) is 2.93. The van der Waals surface area contributed by atoms with Gasteiger partial charge in [-0.2, -0.15) is 0 Å². The van der Waals surface area contributed by atoms with Crippen molar-refractivity contribution in [2.24, 2.45) is 22.8 Å². The van der Waals surface area contributed by atoms with Crippen LogP contribution in [0.3, 0.4) is 0 Å². The predicted molar refractivity (Wildman–Crippen MR) is 105 cm³/mol. The quantitative estimate of drug-likeness (QED) is 0.150. The van der Waals surface area contributed by atoms with Crippen molar-refractivity contribution in [3.8, 4) is 0 Å². The first kappa shape index (κ1) is 25.4. The van der Waals surface area contributed by atoms with Crippen molar-refractivity contribution in [1.29, 1.82) is 0 Å². The first-order valence-corrected chi connectivity index (χ1v) is 9.70. The van der Waals surface area contributed by atoms with E-state index in [1.807, 2.05) is 0 Å². The minimum absolute atomic E-state index is 0.0462. The molecule has 0 radical (unpaired) electrons. The topological polar surface area (TPSA) is 199 Å². The normalized spacial score (nSPS) is 19.7. The summed E-state index contributed by atoms with van der Waals surface area (Å²) in [6.07, 6.45) is -0.390. The molecule has 0 heterocycles. The first-order chi connectivity index (χ1) is 13.8. The fourth-order valence-electron chi connectivity index (χ4n) is 3.44. The van der Waals surface area contributed by atoms with Crippen LogP contribution in [0, 0.1) is 11.3 Å². The molecule has 0 aromatic rings. The van der Waals surface area contributed by atoms with Crippen LogP contribution in [-0.2, 0) is 28.8 Å². The van der Waals surface area contributed by atoms with E-state index >= 15 is 0 Å². The van der Waals surface area contributed by atoms with Crippen LogP contribution in [0.2, 0.25) is 0 Å². The van der Waals surface area contributed by atoms with Gasteiger partial charge in [0.2, 0.25) is 11.8 Å². The molecule has 11 heteroatoms. The smallest absolute Gasteiger partial charge is 0.303 e. The Bertz CT molecular complexity index is 716. The summed E-state index contributed by atoms with van der Waals surface area (Å²) < 4.78 is 0. The molecule has 0 aliphatic heterocycles. The molecule has 2 amide bonds. The maximum Gasteiger partial charge on any atom is 0.303 e. The molecule has 7 N–H and O–H groups in total. The lowest BCUT2D eigenvalue weighted by Crippen LogP contribution is -2.71. The largest absolute Gasteiger partial charge is 0.481 e. The van der Waals surface area contributed by atoms with Gasteiger partial charge in [-0.05, 0) is 25.7 Å². The van der Waals surface area contributed by atoms with Gasteiger partial charge >= 0.3 is 5.97 Å². The number of carboxylic acid groups (broad SMARTS) is 1.